The Morgan fingerprint density at radius 1 is 0.640 bits per heavy atom. The van der Waals surface area contributed by atoms with E-state index >= 15 is 0 Å². The first-order chi connectivity index (χ1) is 24.2. The number of nitrogens with one attached hydrogen (secondary N) is 2. The van der Waals surface area contributed by atoms with E-state index < -0.39 is 18.1 Å². The first-order valence-corrected chi connectivity index (χ1v) is 15.3. The summed E-state index contributed by atoms with van der Waals surface area (Å²) in [5, 5.41) is 5.93. The van der Waals surface area contributed by atoms with Gasteiger partial charge in [-0.3, -0.25) is 20.4 Å². The van der Waals surface area contributed by atoms with Crippen LogP contribution in [0.3, 0.4) is 0 Å². The topological polar surface area (TPSA) is 160 Å². The Morgan fingerprint density at radius 3 is 1.82 bits per heavy atom. The molecule has 250 valence electrons. The highest BCUT2D eigenvalue weighted by molar-refractivity contribution is 6.33. The summed E-state index contributed by atoms with van der Waals surface area (Å²) in [6.07, 6.45) is 0.0450. The zero-order valence-electron chi connectivity index (χ0n) is 26.2. The van der Waals surface area contributed by atoms with Gasteiger partial charge in [0.1, 0.15) is 34.5 Å². The molecule has 1 heterocycles. The molecule has 3 amide bonds. The molecule has 0 spiro atoms. The third kappa shape index (κ3) is 8.01. The van der Waals surface area contributed by atoms with Gasteiger partial charge in [0.15, 0.2) is 5.75 Å². The molecule has 4 N–H and O–H groups in total. The van der Waals surface area contributed by atoms with Gasteiger partial charge in [-0.05, 0) is 60.7 Å². The van der Waals surface area contributed by atoms with Gasteiger partial charge in [-0.1, -0.05) is 48.0 Å². The number of aromatic nitrogens is 1. The van der Waals surface area contributed by atoms with Crippen molar-refractivity contribution < 1.29 is 38.1 Å². The first kappa shape index (κ1) is 33.1. The molecule has 12 nitrogen and oxygen atoms in total. The summed E-state index contributed by atoms with van der Waals surface area (Å²) < 4.78 is 28.4. The summed E-state index contributed by atoms with van der Waals surface area (Å²) in [5.74, 6) is 1.38. The number of anilines is 2. The summed E-state index contributed by atoms with van der Waals surface area (Å²) in [7, 11) is 1.43. The minimum atomic E-state index is -0.766. The SMILES string of the molecule is COc1cc2nccc(Oc3ccc(NC(=O)Oc4ccccc4)c(Oc4ccc(NC(=O)Oc5ccccc5)c(Cl)c4)c3)c2cc1C(N)=O. The largest absolute Gasteiger partial charge is 0.496 e. The lowest BCUT2D eigenvalue weighted by Crippen LogP contribution is -2.17. The highest BCUT2D eigenvalue weighted by atomic mass is 35.5. The fraction of sp³-hybridized carbons (Fsp3) is 0.0270. The molecule has 6 rings (SSSR count). The molecule has 6 aromatic rings. The number of carbonyl (C=O) groups is 3. The first-order valence-electron chi connectivity index (χ1n) is 14.9. The number of methoxy groups -OCH3 is 1. The second-order valence-electron chi connectivity index (χ2n) is 10.4. The Labute approximate surface area is 290 Å². The number of nitrogens with two attached hydrogens (primary N) is 1. The van der Waals surface area contributed by atoms with Gasteiger partial charge < -0.3 is 29.4 Å². The van der Waals surface area contributed by atoms with E-state index in [0.717, 1.165) is 0 Å². The summed E-state index contributed by atoms with van der Waals surface area (Å²) in [5.41, 5.74) is 6.75. The summed E-state index contributed by atoms with van der Waals surface area (Å²) in [4.78, 5) is 41.7. The lowest BCUT2D eigenvalue weighted by atomic mass is 10.1. The zero-order valence-corrected chi connectivity index (χ0v) is 27.0. The average Bonchev–Trinajstić information content (AvgIpc) is 3.11. The Bertz CT molecular complexity index is 2200. The molecule has 0 saturated heterocycles. The summed E-state index contributed by atoms with van der Waals surface area (Å²) in [6, 6.07) is 31.2. The van der Waals surface area contributed by atoms with Crippen LogP contribution in [0, 0.1) is 0 Å². The van der Waals surface area contributed by atoms with Crippen molar-refractivity contribution >= 4 is 52.0 Å². The molecule has 0 atom stereocenters. The lowest BCUT2D eigenvalue weighted by Gasteiger charge is -2.16. The van der Waals surface area contributed by atoms with Gasteiger partial charge in [0, 0.05) is 29.8 Å². The maximum absolute atomic E-state index is 12.8. The molecule has 0 aliphatic carbocycles. The van der Waals surface area contributed by atoms with Crippen LogP contribution in [-0.4, -0.2) is 30.2 Å². The molecule has 50 heavy (non-hydrogen) atoms. The molecular weight excluding hydrogens is 664 g/mol. The van der Waals surface area contributed by atoms with Crippen molar-refractivity contribution in [1.29, 1.82) is 0 Å². The van der Waals surface area contributed by atoms with Gasteiger partial charge in [-0.15, -0.1) is 0 Å². The fourth-order valence-corrected chi connectivity index (χ4v) is 4.95. The van der Waals surface area contributed by atoms with Crippen molar-refractivity contribution in [2.75, 3.05) is 17.7 Å². The zero-order chi connectivity index (χ0) is 35.0. The van der Waals surface area contributed by atoms with Crippen molar-refractivity contribution in [2.45, 2.75) is 0 Å². The third-order valence-corrected chi connectivity index (χ3v) is 7.33. The molecule has 0 radical (unpaired) electrons. The molecule has 5 aromatic carbocycles. The van der Waals surface area contributed by atoms with Crippen LogP contribution in [0.5, 0.6) is 40.2 Å². The van der Waals surface area contributed by atoms with Crippen LogP contribution < -0.4 is 40.1 Å². The molecule has 0 bridgehead atoms. The molecule has 1 aromatic heterocycles. The maximum atomic E-state index is 12.8. The van der Waals surface area contributed by atoms with Gasteiger partial charge in [-0.2, -0.15) is 0 Å². The van der Waals surface area contributed by atoms with Gasteiger partial charge in [0.05, 0.1) is 34.6 Å². The van der Waals surface area contributed by atoms with E-state index in [1.54, 1.807) is 109 Å². The van der Waals surface area contributed by atoms with Gasteiger partial charge in [-0.25, -0.2) is 9.59 Å². The van der Waals surface area contributed by atoms with Crippen LogP contribution in [0.25, 0.3) is 10.9 Å². The van der Waals surface area contributed by atoms with Gasteiger partial charge in [0.25, 0.3) is 5.91 Å². The van der Waals surface area contributed by atoms with Gasteiger partial charge >= 0.3 is 12.2 Å². The van der Waals surface area contributed by atoms with Crippen molar-refractivity contribution in [3.05, 3.63) is 132 Å². The quantitative estimate of drug-likeness (QED) is 0.128. The number of hydrogen-bond acceptors (Lipinski definition) is 9. The standard InChI is InChI=1S/C37H27ClN4O8/c1-46-33-21-31-26(20-27(33)35(39)43)32(16-17-40-31)47-25-13-15-30(42-37(45)50-23-10-6-3-7-11-23)34(19-25)48-24-12-14-29(28(38)18-24)41-36(44)49-22-8-4-2-5-9-22/h2-21H,1H3,(H2,39,43)(H,41,44)(H,42,45). The van der Waals surface area contributed by atoms with Crippen molar-refractivity contribution in [1.82, 2.24) is 4.98 Å². The number of ether oxygens (including phenoxy) is 5. The van der Waals surface area contributed by atoms with Crippen LogP contribution in [0.1, 0.15) is 10.4 Å². The molecule has 13 heteroatoms. The van der Waals surface area contributed by atoms with E-state index in [1.807, 2.05) is 0 Å². The van der Waals surface area contributed by atoms with Gasteiger partial charge in [0.2, 0.25) is 0 Å². The number of amides is 3. The minimum Gasteiger partial charge on any atom is -0.496 e. The van der Waals surface area contributed by atoms with Crippen LogP contribution >= 0.6 is 11.6 Å². The number of carbonyl (C=O) groups excluding carboxylic acids is 3. The Balaban J connectivity index is 1.28. The normalized spacial score (nSPS) is 10.5. The number of para-hydroxylation sites is 2. The Morgan fingerprint density at radius 2 is 1.22 bits per heavy atom. The Hall–Kier alpha value is -6.79. The predicted octanol–water partition coefficient (Wildman–Crippen LogP) is 8.80. The highest BCUT2D eigenvalue weighted by Crippen LogP contribution is 2.39. The number of pyridine rings is 1. The minimum absolute atomic E-state index is 0.154. The molecule has 0 aliphatic rings. The number of primary amides is 1. The van der Waals surface area contributed by atoms with E-state index in [9.17, 15) is 14.4 Å². The highest BCUT2D eigenvalue weighted by Gasteiger charge is 2.17. The third-order valence-electron chi connectivity index (χ3n) is 7.02. The number of halogens is 1. The number of hydrogen-bond donors (Lipinski definition) is 3. The van der Waals surface area contributed by atoms with Crippen LogP contribution in [0.15, 0.2) is 121 Å². The number of benzene rings is 5. The average molecular weight is 691 g/mol. The molecule has 0 saturated carbocycles. The summed E-state index contributed by atoms with van der Waals surface area (Å²) in [6.45, 7) is 0. The van der Waals surface area contributed by atoms with Crippen molar-refractivity contribution in [3.63, 3.8) is 0 Å². The van der Waals surface area contributed by atoms with Crippen LogP contribution in [-0.2, 0) is 0 Å². The van der Waals surface area contributed by atoms with E-state index in [-0.39, 0.29) is 39.2 Å². The number of nitrogens with zero attached hydrogens (tertiary/aromatic N) is 1. The summed E-state index contributed by atoms with van der Waals surface area (Å²) >= 11 is 6.50. The molecule has 0 fully saturated rings. The van der Waals surface area contributed by atoms with E-state index in [2.05, 4.69) is 15.6 Å². The smallest absolute Gasteiger partial charge is 0.417 e. The molecule has 0 aliphatic heterocycles. The molecule has 0 unspecified atom stereocenters. The van der Waals surface area contributed by atoms with Crippen molar-refractivity contribution in [3.8, 4) is 40.2 Å². The second-order valence-corrected chi connectivity index (χ2v) is 10.8. The lowest BCUT2D eigenvalue weighted by molar-refractivity contribution is 0.0997. The molecular formula is C37H27ClN4O8. The Kier molecular flexibility index (Phi) is 9.91. The van der Waals surface area contributed by atoms with E-state index in [4.69, 9.17) is 41.0 Å². The van der Waals surface area contributed by atoms with Crippen LogP contribution in [0.2, 0.25) is 5.02 Å². The van der Waals surface area contributed by atoms with Crippen molar-refractivity contribution in [2.24, 2.45) is 5.73 Å². The number of rotatable bonds is 10. The predicted molar refractivity (Wildman–Crippen MR) is 187 cm³/mol. The van der Waals surface area contributed by atoms with E-state index in [1.165, 1.54) is 19.2 Å². The second kappa shape index (κ2) is 15.0. The fourth-order valence-electron chi connectivity index (χ4n) is 4.73. The van der Waals surface area contributed by atoms with E-state index in [0.29, 0.717) is 33.9 Å². The number of fused-ring (bicyclic) bond motifs is 1. The van der Waals surface area contributed by atoms with Crippen LogP contribution in [0.4, 0.5) is 21.0 Å². The monoisotopic (exact) mass is 690 g/mol. The maximum Gasteiger partial charge on any atom is 0.417 e.